The minimum Gasteiger partial charge on any atom is -0.350 e. The third-order valence-corrected chi connectivity index (χ3v) is 5.19. The number of anilines is 1. The zero-order valence-corrected chi connectivity index (χ0v) is 18.4. The van der Waals surface area contributed by atoms with Crippen LogP contribution >= 0.6 is 0 Å². The first kappa shape index (κ1) is 22.7. The van der Waals surface area contributed by atoms with E-state index in [0.29, 0.717) is 23.5 Å². The summed E-state index contributed by atoms with van der Waals surface area (Å²) < 4.78 is 14.7. The highest BCUT2D eigenvalue weighted by atomic mass is 19.1. The minimum atomic E-state index is -0.713. The SMILES string of the molecule is Cc1nnnn1C(Cc1ccc(F)cc1)C(=O)NCc1cccc(NC(=O)c2ccncc2)c1. The summed E-state index contributed by atoms with van der Waals surface area (Å²) in [6, 6.07) is 15.7. The first-order valence-electron chi connectivity index (χ1n) is 10.6. The fourth-order valence-corrected chi connectivity index (χ4v) is 3.43. The summed E-state index contributed by atoms with van der Waals surface area (Å²) in [5.41, 5.74) is 2.68. The highest BCUT2D eigenvalue weighted by Crippen LogP contribution is 2.17. The van der Waals surface area contributed by atoms with Gasteiger partial charge in [0.1, 0.15) is 17.7 Å². The fourth-order valence-electron chi connectivity index (χ4n) is 3.43. The summed E-state index contributed by atoms with van der Waals surface area (Å²) in [4.78, 5) is 29.4. The van der Waals surface area contributed by atoms with Gasteiger partial charge in [-0.2, -0.15) is 0 Å². The van der Waals surface area contributed by atoms with Gasteiger partial charge < -0.3 is 10.6 Å². The van der Waals surface area contributed by atoms with Crippen molar-refractivity contribution in [2.75, 3.05) is 5.32 Å². The molecule has 2 amide bonds. The summed E-state index contributed by atoms with van der Waals surface area (Å²) in [5.74, 6) is -0.398. The van der Waals surface area contributed by atoms with Gasteiger partial charge in [-0.15, -0.1) is 5.10 Å². The molecule has 0 spiro atoms. The fraction of sp³-hybridized carbons (Fsp3) is 0.167. The molecule has 0 radical (unpaired) electrons. The van der Waals surface area contributed by atoms with Gasteiger partial charge in [0.25, 0.3) is 5.91 Å². The molecule has 0 bridgehead atoms. The second-order valence-electron chi connectivity index (χ2n) is 7.63. The normalized spacial score (nSPS) is 11.6. The average molecular weight is 459 g/mol. The Kier molecular flexibility index (Phi) is 6.97. The molecule has 4 rings (SSSR count). The molecule has 1 unspecified atom stereocenters. The van der Waals surface area contributed by atoms with E-state index in [2.05, 4.69) is 31.1 Å². The zero-order chi connectivity index (χ0) is 23.9. The van der Waals surface area contributed by atoms with Gasteiger partial charge in [-0.3, -0.25) is 14.6 Å². The first-order chi connectivity index (χ1) is 16.5. The van der Waals surface area contributed by atoms with Crippen molar-refractivity contribution in [2.45, 2.75) is 25.9 Å². The predicted molar refractivity (Wildman–Crippen MR) is 122 cm³/mol. The lowest BCUT2D eigenvalue weighted by atomic mass is 10.0. The van der Waals surface area contributed by atoms with Gasteiger partial charge >= 0.3 is 0 Å². The van der Waals surface area contributed by atoms with E-state index in [4.69, 9.17) is 0 Å². The molecule has 0 aliphatic rings. The Bertz CT molecular complexity index is 1280. The van der Waals surface area contributed by atoms with Gasteiger partial charge in [0.2, 0.25) is 5.91 Å². The van der Waals surface area contributed by atoms with Gasteiger partial charge in [0, 0.05) is 36.6 Å². The molecular formula is C24H22FN7O2. The Labute approximate surface area is 195 Å². The molecule has 2 aromatic heterocycles. The Hall–Kier alpha value is -4.47. The number of nitrogens with zero attached hydrogens (tertiary/aromatic N) is 5. The summed E-state index contributed by atoms with van der Waals surface area (Å²) in [6.45, 7) is 1.94. The van der Waals surface area contributed by atoms with Gasteiger partial charge in [0.15, 0.2) is 0 Å². The average Bonchev–Trinajstić information content (AvgIpc) is 3.28. The number of benzene rings is 2. The number of hydrogen-bond donors (Lipinski definition) is 2. The van der Waals surface area contributed by atoms with E-state index in [9.17, 15) is 14.0 Å². The summed E-state index contributed by atoms with van der Waals surface area (Å²) >= 11 is 0. The van der Waals surface area contributed by atoms with Crippen LogP contribution in [0.3, 0.4) is 0 Å². The number of hydrogen-bond acceptors (Lipinski definition) is 6. The summed E-state index contributed by atoms with van der Waals surface area (Å²) in [5, 5.41) is 17.2. The Morgan fingerprint density at radius 2 is 1.79 bits per heavy atom. The lowest BCUT2D eigenvalue weighted by Crippen LogP contribution is -2.34. The third kappa shape index (κ3) is 5.66. The van der Waals surface area contributed by atoms with Gasteiger partial charge in [-0.1, -0.05) is 24.3 Å². The van der Waals surface area contributed by atoms with E-state index < -0.39 is 6.04 Å². The van der Waals surface area contributed by atoms with Gasteiger partial charge in [-0.05, 0) is 64.9 Å². The van der Waals surface area contributed by atoms with E-state index in [-0.39, 0.29) is 24.2 Å². The van der Waals surface area contributed by atoms with Crippen LogP contribution in [-0.2, 0) is 17.8 Å². The highest BCUT2D eigenvalue weighted by Gasteiger charge is 2.24. The zero-order valence-electron chi connectivity index (χ0n) is 18.4. The molecule has 2 heterocycles. The maximum atomic E-state index is 13.3. The lowest BCUT2D eigenvalue weighted by Gasteiger charge is -2.18. The predicted octanol–water partition coefficient (Wildman–Crippen LogP) is 2.87. The topological polar surface area (TPSA) is 115 Å². The third-order valence-electron chi connectivity index (χ3n) is 5.19. The smallest absolute Gasteiger partial charge is 0.255 e. The molecule has 0 saturated carbocycles. The van der Waals surface area contributed by atoms with E-state index in [1.54, 1.807) is 61.8 Å². The molecule has 2 N–H and O–H groups in total. The number of rotatable bonds is 8. The van der Waals surface area contributed by atoms with Gasteiger partial charge in [0.05, 0.1) is 0 Å². The van der Waals surface area contributed by atoms with Crippen LogP contribution in [0.1, 0.15) is 33.4 Å². The van der Waals surface area contributed by atoms with Crippen LogP contribution in [0.25, 0.3) is 0 Å². The van der Waals surface area contributed by atoms with Crippen LogP contribution < -0.4 is 10.6 Å². The quantitative estimate of drug-likeness (QED) is 0.419. The molecular weight excluding hydrogens is 437 g/mol. The molecule has 9 nitrogen and oxygen atoms in total. The monoisotopic (exact) mass is 459 g/mol. The van der Waals surface area contributed by atoms with Crippen molar-refractivity contribution in [3.8, 4) is 0 Å². The summed E-state index contributed by atoms with van der Waals surface area (Å²) in [7, 11) is 0. The van der Waals surface area contributed by atoms with Crippen molar-refractivity contribution in [3.63, 3.8) is 0 Å². The van der Waals surface area contributed by atoms with Crippen LogP contribution in [0.2, 0.25) is 0 Å². The number of aryl methyl sites for hydroxylation is 1. The van der Waals surface area contributed by atoms with Crippen molar-refractivity contribution in [2.24, 2.45) is 0 Å². The van der Waals surface area contributed by atoms with Gasteiger partial charge in [-0.25, -0.2) is 9.07 Å². The molecule has 0 aliphatic carbocycles. The van der Waals surface area contributed by atoms with Crippen molar-refractivity contribution in [1.29, 1.82) is 0 Å². The molecule has 0 fully saturated rings. The van der Waals surface area contributed by atoms with Crippen molar-refractivity contribution in [3.05, 3.63) is 101 Å². The molecule has 2 aromatic carbocycles. The molecule has 172 valence electrons. The standard InChI is InChI=1S/C24H22FN7O2/c1-16-29-30-31-32(16)22(14-17-5-7-20(25)8-6-17)24(34)27-15-18-3-2-4-21(13-18)28-23(33)19-9-11-26-12-10-19/h2-13,22H,14-15H2,1H3,(H,27,34)(H,28,33). The van der Waals surface area contributed by atoms with Crippen LogP contribution in [0.5, 0.6) is 0 Å². The number of pyridine rings is 1. The highest BCUT2D eigenvalue weighted by molar-refractivity contribution is 6.04. The minimum absolute atomic E-state index is 0.235. The lowest BCUT2D eigenvalue weighted by molar-refractivity contribution is -0.124. The van der Waals surface area contributed by atoms with E-state index in [1.165, 1.54) is 16.8 Å². The molecule has 1 atom stereocenters. The van der Waals surface area contributed by atoms with Crippen LogP contribution in [0.4, 0.5) is 10.1 Å². The summed E-state index contributed by atoms with van der Waals surface area (Å²) in [6.07, 6.45) is 3.39. The largest absolute Gasteiger partial charge is 0.350 e. The second-order valence-corrected chi connectivity index (χ2v) is 7.63. The molecule has 0 saturated heterocycles. The number of halogens is 1. The molecule has 34 heavy (non-hydrogen) atoms. The number of tetrazole rings is 1. The second kappa shape index (κ2) is 10.4. The number of carbonyl (C=O) groups excluding carboxylic acids is 2. The van der Waals surface area contributed by atoms with E-state index in [1.807, 2.05) is 6.07 Å². The number of carbonyl (C=O) groups is 2. The Balaban J connectivity index is 1.44. The molecule has 4 aromatic rings. The maximum absolute atomic E-state index is 13.3. The number of amides is 2. The van der Waals surface area contributed by atoms with Crippen molar-refractivity contribution >= 4 is 17.5 Å². The Morgan fingerprint density at radius 1 is 1.03 bits per heavy atom. The first-order valence-corrected chi connectivity index (χ1v) is 10.6. The molecule has 0 aliphatic heterocycles. The number of nitrogens with one attached hydrogen (secondary N) is 2. The van der Waals surface area contributed by atoms with Crippen LogP contribution in [0.15, 0.2) is 73.1 Å². The van der Waals surface area contributed by atoms with E-state index in [0.717, 1.165) is 11.1 Å². The number of aromatic nitrogens is 5. The van der Waals surface area contributed by atoms with Crippen LogP contribution in [0, 0.1) is 12.7 Å². The van der Waals surface area contributed by atoms with Crippen molar-refractivity contribution < 1.29 is 14.0 Å². The van der Waals surface area contributed by atoms with Crippen molar-refractivity contribution in [1.82, 2.24) is 30.5 Å². The Morgan fingerprint density at radius 3 is 2.50 bits per heavy atom. The molecule has 10 heteroatoms. The van der Waals surface area contributed by atoms with E-state index >= 15 is 0 Å². The van der Waals surface area contributed by atoms with Crippen LogP contribution in [-0.4, -0.2) is 37.0 Å². The maximum Gasteiger partial charge on any atom is 0.255 e.